The van der Waals surface area contributed by atoms with E-state index in [1.54, 1.807) is 0 Å². The van der Waals surface area contributed by atoms with E-state index in [-0.39, 0.29) is 0 Å². The fourth-order valence-corrected chi connectivity index (χ4v) is 4.50. The number of ether oxygens (including phenoxy) is 1. The summed E-state index contributed by atoms with van der Waals surface area (Å²) in [4.78, 5) is 2.64. The molecule has 2 fully saturated rings. The van der Waals surface area contributed by atoms with Gasteiger partial charge in [0.25, 0.3) is 0 Å². The van der Waals surface area contributed by atoms with Crippen LogP contribution in [0.1, 0.15) is 36.8 Å². The Kier molecular flexibility index (Phi) is 3.17. The molecule has 2 unspecified atom stereocenters. The highest BCUT2D eigenvalue weighted by Crippen LogP contribution is 2.39. The van der Waals surface area contributed by atoms with Gasteiger partial charge < -0.3 is 10.5 Å². The Morgan fingerprint density at radius 3 is 2.75 bits per heavy atom. The molecule has 2 atom stereocenters. The van der Waals surface area contributed by atoms with Crippen LogP contribution in [-0.2, 0) is 13.0 Å². The number of nitrogens with zero attached hydrogens (tertiary/aromatic N) is 1. The van der Waals surface area contributed by atoms with Gasteiger partial charge in [0.1, 0.15) is 5.75 Å². The Bertz CT molecular complexity index is 519. The van der Waals surface area contributed by atoms with E-state index in [0.29, 0.717) is 18.1 Å². The Labute approximate surface area is 125 Å². The lowest BCUT2D eigenvalue weighted by Crippen LogP contribution is -2.46. The fourth-order valence-electron chi connectivity index (χ4n) is 4.23. The van der Waals surface area contributed by atoms with E-state index in [0.717, 1.165) is 43.2 Å². The number of halogens is 1. The normalized spacial score (nSPS) is 32.2. The number of fused-ring (bicyclic) bond motifs is 3. The van der Waals surface area contributed by atoms with Gasteiger partial charge in [-0.1, -0.05) is 11.6 Å². The summed E-state index contributed by atoms with van der Waals surface area (Å²) in [6.45, 7) is 1.76. The van der Waals surface area contributed by atoms with Crippen molar-refractivity contribution in [3.05, 3.63) is 28.3 Å². The van der Waals surface area contributed by atoms with Gasteiger partial charge in [0.05, 0.1) is 6.61 Å². The summed E-state index contributed by atoms with van der Waals surface area (Å²) in [5.41, 5.74) is 8.69. The molecule has 108 valence electrons. The molecule has 2 N–H and O–H groups in total. The average molecular weight is 293 g/mol. The summed E-state index contributed by atoms with van der Waals surface area (Å²) in [7, 11) is 0. The molecule has 0 amide bonds. The van der Waals surface area contributed by atoms with Crippen LogP contribution in [0.4, 0.5) is 0 Å². The van der Waals surface area contributed by atoms with Crippen LogP contribution in [-0.4, -0.2) is 29.6 Å². The second-order valence-electron chi connectivity index (χ2n) is 6.44. The van der Waals surface area contributed by atoms with E-state index in [2.05, 4.69) is 11.0 Å². The van der Waals surface area contributed by atoms with E-state index in [9.17, 15) is 0 Å². The molecule has 1 aromatic rings. The van der Waals surface area contributed by atoms with Gasteiger partial charge in [0, 0.05) is 41.7 Å². The lowest BCUT2D eigenvalue weighted by molar-refractivity contribution is 0.118. The van der Waals surface area contributed by atoms with Gasteiger partial charge >= 0.3 is 0 Å². The molecule has 20 heavy (non-hydrogen) atoms. The van der Waals surface area contributed by atoms with E-state index in [1.807, 2.05) is 6.07 Å². The lowest BCUT2D eigenvalue weighted by Gasteiger charge is -2.37. The van der Waals surface area contributed by atoms with Crippen molar-refractivity contribution in [3.8, 4) is 5.75 Å². The lowest BCUT2D eigenvalue weighted by atomic mass is 9.97. The van der Waals surface area contributed by atoms with Gasteiger partial charge in [0.2, 0.25) is 0 Å². The SMILES string of the molecule is NC1CC2CCC(C1)N2Cc1cc(Cl)cc2c1OCC2. The van der Waals surface area contributed by atoms with Gasteiger partial charge in [-0.2, -0.15) is 0 Å². The molecule has 3 aliphatic rings. The second kappa shape index (κ2) is 4.90. The van der Waals surface area contributed by atoms with Crippen molar-refractivity contribution < 1.29 is 4.74 Å². The predicted octanol–water partition coefficient (Wildman–Crippen LogP) is 2.73. The maximum atomic E-state index is 6.26. The Hall–Kier alpha value is -0.770. The van der Waals surface area contributed by atoms with Crippen LogP contribution >= 0.6 is 11.6 Å². The summed E-state index contributed by atoms with van der Waals surface area (Å²) in [6, 6.07) is 5.83. The summed E-state index contributed by atoms with van der Waals surface area (Å²) >= 11 is 6.26. The maximum Gasteiger partial charge on any atom is 0.127 e. The topological polar surface area (TPSA) is 38.5 Å². The van der Waals surface area contributed by atoms with Gasteiger partial charge in [-0.25, -0.2) is 0 Å². The molecule has 1 aromatic carbocycles. The van der Waals surface area contributed by atoms with Crippen LogP contribution in [0.15, 0.2) is 12.1 Å². The molecule has 2 saturated heterocycles. The van der Waals surface area contributed by atoms with Crippen LogP contribution in [0.3, 0.4) is 0 Å². The number of hydrogen-bond acceptors (Lipinski definition) is 3. The number of nitrogens with two attached hydrogens (primary N) is 1. The van der Waals surface area contributed by atoms with Gasteiger partial charge in [-0.15, -0.1) is 0 Å². The summed E-state index contributed by atoms with van der Waals surface area (Å²) in [5.74, 6) is 1.09. The first-order chi connectivity index (χ1) is 9.70. The van der Waals surface area contributed by atoms with Crippen LogP contribution in [0.2, 0.25) is 5.02 Å². The van der Waals surface area contributed by atoms with Crippen molar-refractivity contribution >= 4 is 11.6 Å². The molecule has 3 heterocycles. The maximum absolute atomic E-state index is 6.26. The van der Waals surface area contributed by atoms with Crippen LogP contribution in [0.5, 0.6) is 5.75 Å². The first kappa shape index (κ1) is 12.9. The molecule has 4 heteroatoms. The van der Waals surface area contributed by atoms with Crippen LogP contribution in [0.25, 0.3) is 0 Å². The van der Waals surface area contributed by atoms with Crippen molar-refractivity contribution in [2.24, 2.45) is 5.73 Å². The summed E-state index contributed by atoms with van der Waals surface area (Å²) in [6.07, 6.45) is 5.85. The van der Waals surface area contributed by atoms with Crippen molar-refractivity contribution in [2.45, 2.75) is 56.8 Å². The van der Waals surface area contributed by atoms with Crippen LogP contribution in [0, 0.1) is 0 Å². The van der Waals surface area contributed by atoms with Crippen molar-refractivity contribution in [2.75, 3.05) is 6.61 Å². The molecule has 3 aliphatic heterocycles. The fraction of sp³-hybridized carbons (Fsp3) is 0.625. The third-order valence-electron chi connectivity index (χ3n) is 5.10. The molecular weight excluding hydrogens is 272 g/mol. The molecule has 0 radical (unpaired) electrons. The van der Waals surface area contributed by atoms with Gasteiger partial charge in [-0.05, 0) is 43.4 Å². The smallest absolute Gasteiger partial charge is 0.127 e. The minimum absolute atomic E-state index is 0.394. The average Bonchev–Trinajstić information content (AvgIpc) is 2.94. The third-order valence-corrected chi connectivity index (χ3v) is 5.32. The third kappa shape index (κ3) is 2.12. The van der Waals surface area contributed by atoms with Crippen molar-refractivity contribution in [1.82, 2.24) is 4.90 Å². The number of hydrogen-bond donors (Lipinski definition) is 1. The van der Waals surface area contributed by atoms with Gasteiger partial charge in [-0.3, -0.25) is 4.90 Å². The van der Waals surface area contributed by atoms with E-state index in [1.165, 1.54) is 24.0 Å². The Morgan fingerprint density at radius 2 is 2.00 bits per heavy atom. The highest BCUT2D eigenvalue weighted by Gasteiger charge is 2.39. The molecule has 3 nitrogen and oxygen atoms in total. The molecule has 0 spiro atoms. The Morgan fingerprint density at radius 1 is 1.25 bits per heavy atom. The zero-order chi connectivity index (χ0) is 13.7. The monoisotopic (exact) mass is 292 g/mol. The van der Waals surface area contributed by atoms with E-state index in [4.69, 9.17) is 22.1 Å². The number of benzene rings is 1. The largest absolute Gasteiger partial charge is 0.493 e. The number of piperidine rings is 1. The zero-order valence-corrected chi connectivity index (χ0v) is 12.4. The molecule has 0 saturated carbocycles. The predicted molar refractivity (Wildman–Crippen MR) is 80.2 cm³/mol. The summed E-state index contributed by atoms with van der Waals surface area (Å²) in [5, 5.41) is 0.838. The highest BCUT2D eigenvalue weighted by molar-refractivity contribution is 6.30. The van der Waals surface area contributed by atoms with Crippen molar-refractivity contribution in [1.29, 1.82) is 0 Å². The zero-order valence-electron chi connectivity index (χ0n) is 11.6. The van der Waals surface area contributed by atoms with E-state index >= 15 is 0 Å². The van der Waals surface area contributed by atoms with Gasteiger partial charge in [0.15, 0.2) is 0 Å². The minimum Gasteiger partial charge on any atom is -0.493 e. The molecule has 0 aliphatic carbocycles. The van der Waals surface area contributed by atoms with Crippen LogP contribution < -0.4 is 10.5 Å². The van der Waals surface area contributed by atoms with Crippen molar-refractivity contribution in [3.63, 3.8) is 0 Å². The molecule has 0 aromatic heterocycles. The van der Waals surface area contributed by atoms with E-state index < -0.39 is 0 Å². The first-order valence-electron chi connectivity index (χ1n) is 7.66. The summed E-state index contributed by atoms with van der Waals surface area (Å²) < 4.78 is 5.83. The highest BCUT2D eigenvalue weighted by atomic mass is 35.5. The molecule has 2 bridgehead atoms. The minimum atomic E-state index is 0.394. The first-order valence-corrected chi connectivity index (χ1v) is 8.04. The molecular formula is C16H21ClN2O. The quantitative estimate of drug-likeness (QED) is 0.911. The standard InChI is InChI=1S/C16H21ClN2O/c17-12-5-10-3-4-20-16(10)11(6-12)9-19-14-1-2-15(19)8-13(18)7-14/h5-6,13-15H,1-4,7-9,18H2. The number of rotatable bonds is 2. The second-order valence-corrected chi connectivity index (χ2v) is 6.88. The Balaban J connectivity index is 1.61. The molecule has 4 rings (SSSR count).